The Morgan fingerprint density at radius 3 is 1.37 bits per heavy atom. The Kier molecular flexibility index (Phi) is 45.1. The highest BCUT2D eigenvalue weighted by atomic mass is 16.7. The van der Waals surface area contributed by atoms with E-state index in [2.05, 4.69) is 93.7 Å². The van der Waals surface area contributed by atoms with Gasteiger partial charge in [-0.15, -0.1) is 0 Å². The Hall–Kier alpha value is -3.84. The van der Waals surface area contributed by atoms with Gasteiger partial charge in [0.25, 0.3) is 0 Å². The van der Waals surface area contributed by atoms with Crippen molar-refractivity contribution in [1.82, 2.24) is 0 Å². The minimum Gasteiger partial charge on any atom is -0.479 e. The summed E-state index contributed by atoms with van der Waals surface area (Å²) in [7, 11) is 0. The molecule has 1 fully saturated rings. The summed E-state index contributed by atoms with van der Waals surface area (Å²) in [6.45, 7) is 5.80. The second-order valence-electron chi connectivity index (χ2n) is 19.5. The Bertz CT molecular complexity index is 1550. The molecule has 1 rings (SSSR count). The van der Waals surface area contributed by atoms with E-state index in [1.807, 2.05) is 0 Å². The van der Waals surface area contributed by atoms with E-state index in [1.165, 1.54) is 77.0 Å². The van der Waals surface area contributed by atoms with E-state index in [-0.39, 0.29) is 25.9 Å². The molecular formula is C61H102O12. The molecule has 0 radical (unpaired) electrons. The van der Waals surface area contributed by atoms with Gasteiger partial charge < -0.3 is 39.0 Å². The van der Waals surface area contributed by atoms with Crippen LogP contribution in [-0.4, -0.2) is 89.2 Å². The number of carbonyl (C=O) groups is 4. The van der Waals surface area contributed by atoms with E-state index < -0.39 is 67.3 Å². The molecule has 1 saturated heterocycles. The van der Waals surface area contributed by atoms with Crippen LogP contribution in [0.15, 0.2) is 72.9 Å². The molecule has 0 aromatic carbocycles. The summed E-state index contributed by atoms with van der Waals surface area (Å²) < 4.78 is 28.3. The van der Waals surface area contributed by atoms with E-state index in [0.717, 1.165) is 103 Å². The zero-order valence-corrected chi connectivity index (χ0v) is 45.9. The van der Waals surface area contributed by atoms with Gasteiger partial charge in [0, 0.05) is 19.3 Å². The number of unbranched alkanes of at least 4 members (excludes halogenated alkanes) is 22. The fourth-order valence-corrected chi connectivity index (χ4v) is 8.33. The highest BCUT2D eigenvalue weighted by molar-refractivity contribution is 5.74. The van der Waals surface area contributed by atoms with E-state index in [4.69, 9.17) is 23.7 Å². The number of allylic oxidation sites excluding steroid dienone is 12. The molecule has 0 amide bonds. The Balaban J connectivity index is 2.74. The van der Waals surface area contributed by atoms with Gasteiger partial charge in [-0.05, 0) is 89.9 Å². The number of hydrogen-bond donors (Lipinski definition) is 3. The lowest BCUT2D eigenvalue weighted by Crippen LogP contribution is -2.61. The quantitative estimate of drug-likeness (QED) is 0.0228. The summed E-state index contributed by atoms with van der Waals surface area (Å²) in [6, 6.07) is 0. The molecule has 1 heterocycles. The van der Waals surface area contributed by atoms with Crippen LogP contribution in [0, 0.1) is 0 Å². The molecule has 12 nitrogen and oxygen atoms in total. The molecule has 0 saturated carbocycles. The van der Waals surface area contributed by atoms with Crippen LogP contribution < -0.4 is 0 Å². The largest absolute Gasteiger partial charge is 0.479 e. The maximum atomic E-state index is 13.1. The number of carboxylic acids is 1. The third-order valence-corrected chi connectivity index (χ3v) is 12.8. The van der Waals surface area contributed by atoms with Crippen molar-refractivity contribution in [2.45, 2.75) is 276 Å². The first kappa shape index (κ1) is 67.2. The molecule has 0 aromatic heterocycles. The predicted molar refractivity (Wildman–Crippen MR) is 294 cm³/mol. The highest BCUT2D eigenvalue weighted by Crippen LogP contribution is 2.26. The van der Waals surface area contributed by atoms with Crippen molar-refractivity contribution in [3.63, 3.8) is 0 Å². The SMILES string of the molecule is CC/C=C\C/C=C\C/C=C\C/C=C\CCCCC(=O)OCC(COC1OC(C(=O)O)C(O)C(O)C1OC(=O)CCCCCCC/C=C\C/C=C\CCCCC)OC(=O)CCCCCCCCCCCCCCC. The van der Waals surface area contributed by atoms with Gasteiger partial charge in [-0.3, -0.25) is 14.4 Å². The molecule has 12 heteroatoms. The van der Waals surface area contributed by atoms with E-state index in [9.17, 15) is 34.5 Å². The Labute approximate surface area is 442 Å². The minimum absolute atomic E-state index is 0.0394. The minimum atomic E-state index is -1.91. The van der Waals surface area contributed by atoms with Crippen LogP contribution in [0.25, 0.3) is 0 Å². The predicted octanol–water partition coefficient (Wildman–Crippen LogP) is 14.6. The van der Waals surface area contributed by atoms with Crippen molar-refractivity contribution in [2.24, 2.45) is 0 Å². The van der Waals surface area contributed by atoms with Crippen LogP contribution in [0.5, 0.6) is 0 Å². The average molecular weight is 1030 g/mol. The molecule has 1 aliphatic rings. The zero-order chi connectivity index (χ0) is 53.3. The van der Waals surface area contributed by atoms with Gasteiger partial charge in [-0.2, -0.15) is 0 Å². The van der Waals surface area contributed by atoms with Gasteiger partial charge in [0.2, 0.25) is 0 Å². The number of rotatable bonds is 48. The third-order valence-electron chi connectivity index (χ3n) is 12.8. The average Bonchev–Trinajstić information content (AvgIpc) is 3.37. The number of aliphatic hydroxyl groups excluding tert-OH is 2. The molecule has 418 valence electrons. The van der Waals surface area contributed by atoms with Crippen LogP contribution >= 0.6 is 0 Å². The van der Waals surface area contributed by atoms with Gasteiger partial charge in [-0.1, -0.05) is 203 Å². The lowest BCUT2D eigenvalue weighted by molar-refractivity contribution is -0.301. The first-order chi connectivity index (χ1) is 35.6. The molecule has 6 unspecified atom stereocenters. The monoisotopic (exact) mass is 1030 g/mol. The molecule has 1 aliphatic heterocycles. The van der Waals surface area contributed by atoms with Crippen molar-refractivity contribution in [3.05, 3.63) is 72.9 Å². The topological polar surface area (TPSA) is 175 Å². The van der Waals surface area contributed by atoms with Crippen molar-refractivity contribution in [3.8, 4) is 0 Å². The third kappa shape index (κ3) is 39.3. The molecule has 6 atom stereocenters. The summed E-state index contributed by atoms with van der Waals surface area (Å²) >= 11 is 0. The standard InChI is InChI=1S/C61H102O12/c1-4-7-10-13-16-19-22-25-27-30-32-35-38-41-44-47-53(62)69-50-52(71-54(63)48-45-42-39-36-33-29-24-21-18-15-12-9-6-3)51-70-61-59(57(66)56(65)58(73-61)60(67)68)72-55(64)49-46-43-40-37-34-31-28-26-23-20-17-14-11-8-5-2/h7,10,16-17,19-20,25-28,32,35,52,56-59,61,65-66H,4-6,8-9,11-15,18,21-24,29-31,33-34,36-51H2,1-3H3,(H,67,68)/b10-7-,19-16-,20-17-,27-25-,28-26-,35-32-. The summed E-state index contributed by atoms with van der Waals surface area (Å²) in [4.78, 5) is 51.0. The molecule has 0 aliphatic carbocycles. The van der Waals surface area contributed by atoms with E-state index >= 15 is 0 Å². The maximum absolute atomic E-state index is 13.1. The fraction of sp³-hybridized carbons (Fsp3) is 0.738. The van der Waals surface area contributed by atoms with Crippen molar-refractivity contribution < 1.29 is 58.2 Å². The van der Waals surface area contributed by atoms with Crippen molar-refractivity contribution in [2.75, 3.05) is 13.2 Å². The molecule has 0 aromatic rings. The first-order valence-corrected chi connectivity index (χ1v) is 28.9. The highest BCUT2D eigenvalue weighted by Gasteiger charge is 2.50. The number of carbonyl (C=O) groups excluding carboxylic acids is 3. The maximum Gasteiger partial charge on any atom is 0.335 e. The van der Waals surface area contributed by atoms with E-state index in [1.54, 1.807) is 0 Å². The zero-order valence-electron chi connectivity index (χ0n) is 45.9. The lowest BCUT2D eigenvalue weighted by atomic mass is 9.98. The molecule has 73 heavy (non-hydrogen) atoms. The Morgan fingerprint density at radius 1 is 0.466 bits per heavy atom. The van der Waals surface area contributed by atoms with Gasteiger partial charge >= 0.3 is 23.9 Å². The van der Waals surface area contributed by atoms with Crippen LogP contribution in [-0.2, 0) is 42.9 Å². The van der Waals surface area contributed by atoms with Crippen molar-refractivity contribution >= 4 is 23.9 Å². The van der Waals surface area contributed by atoms with Crippen LogP contribution in [0.1, 0.15) is 239 Å². The number of aliphatic hydroxyl groups is 2. The fourth-order valence-electron chi connectivity index (χ4n) is 8.33. The van der Waals surface area contributed by atoms with Crippen LogP contribution in [0.4, 0.5) is 0 Å². The number of aliphatic carboxylic acids is 1. The second kappa shape index (κ2) is 49.1. The summed E-state index contributed by atoms with van der Waals surface area (Å²) in [6.07, 6.45) is 48.7. The molecule has 0 bridgehead atoms. The van der Waals surface area contributed by atoms with E-state index in [0.29, 0.717) is 19.3 Å². The summed E-state index contributed by atoms with van der Waals surface area (Å²) in [5.41, 5.74) is 0. The number of carboxylic acid groups (broad SMARTS) is 1. The van der Waals surface area contributed by atoms with Crippen LogP contribution in [0.3, 0.4) is 0 Å². The number of ether oxygens (including phenoxy) is 5. The second-order valence-corrected chi connectivity index (χ2v) is 19.5. The summed E-state index contributed by atoms with van der Waals surface area (Å²) in [5.74, 6) is -3.19. The normalized spacial score (nSPS) is 18.8. The molecule has 0 spiro atoms. The molecular weight excluding hydrogens is 925 g/mol. The van der Waals surface area contributed by atoms with Gasteiger partial charge in [0.15, 0.2) is 24.6 Å². The van der Waals surface area contributed by atoms with Crippen molar-refractivity contribution in [1.29, 1.82) is 0 Å². The molecule has 3 N–H and O–H groups in total. The van der Waals surface area contributed by atoms with Gasteiger partial charge in [-0.25, -0.2) is 4.79 Å². The smallest absolute Gasteiger partial charge is 0.335 e. The summed E-state index contributed by atoms with van der Waals surface area (Å²) in [5, 5.41) is 31.4. The number of hydrogen-bond acceptors (Lipinski definition) is 11. The number of esters is 3. The lowest BCUT2D eigenvalue weighted by Gasteiger charge is -2.40. The van der Waals surface area contributed by atoms with Gasteiger partial charge in [0.1, 0.15) is 18.8 Å². The van der Waals surface area contributed by atoms with Crippen LogP contribution in [0.2, 0.25) is 0 Å². The first-order valence-electron chi connectivity index (χ1n) is 28.9. The van der Waals surface area contributed by atoms with Gasteiger partial charge in [0.05, 0.1) is 6.61 Å². The Morgan fingerprint density at radius 2 is 0.863 bits per heavy atom.